The minimum absolute atomic E-state index is 0.126. The third-order valence-electron chi connectivity index (χ3n) is 1.91. The number of hydrogen-bond acceptors (Lipinski definition) is 7. The van der Waals surface area contributed by atoms with E-state index in [4.69, 9.17) is 10.5 Å². The fourth-order valence-corrected chi connectivity index (χ4v) is 2.02. The number of anilines is 2. The number of ether oxygens (including phenoxy) is 1. The maximum atomic E-state index is 11.8. The first-order valence-corrected chi connectivity index (χ1v) is 6.20. The lowest BCUT2D eigenvalue weighted by atomic mass is 10.2. The van der Waals surface area contributed by atoms with Crippen LogP contribution in [0, 0.1) is 0 Å². The normalized spacial score (nSPS) is 9.83. The van der Waals surface area contributed by atoms with E-state index in [1.165, 1.54) is 0 Å². The predicted molar refractivity (Wildman–Crippen MR) is 70.8 cm³/mol. The van der Waals surface area contributed by atoms with Gasteiger partial charge < -0.3 is 15.8 Å². The highest BCUT2D eigenvalue weighted by Crippen LogP contribution is 2.26. The highest BCUT2D eigenvalue weighted by molar-refractivity contribution is 7.18. The molecule has 0 bridgehead atoms. The van der Waals surface area contributed by atoms with Gasteiger partial charge in [0.2, 0.25) is 0 Å². The van der Waals surface area contributed by atoms with E-state index >= 15 is 0 Å². The SMILES string of the molecule is C=CCNc1nc(N)c(C(=O)CC(=O)OCC)s1. The van der Waals surface area contributed by atoms with E-state index in [2.05, 4.69) is 16.9 Å². The molecule has 0 radical (unpaired) electrons. The molecule has 0 amide bonds. The molecule has 3 N–H and O–H groups in total. The number of thiazole rings is 1. The Morgan fingerprint density at radius 1 is 1.61 bits per heavy atom. The Morgan fingerprint density at radius 2 is 2.33 bits per heavy atom. The molecule has 0 aliphatic carbocycles. The molecule has 7 heteroatoms. The van der Waals surface area contributed by atoms with E-state index in [-0.39, 0.29) is 29.5 Å². The second-order valence-electron chi connectivity index (χ2n) is 3.31. The number of rotatable bonds is 7. The van der Waals surface area contributed by atoms with Gasteiger partial charge in [-0.15, -0.1) is 6.58 Å². The number of aromatic nitrogens is 1. The summed E-state index contributed by atoms with van der Waals surface area (Å²) in [5.74, 6) is -0.813. The Bertz CT molecular complexity index is 456. The molecule has 0 atom stereocenters. The van der Waals surface area contributed by atoms with Crippen molar-refractivity contribution in [3.63, 3.8) is 0 Å². The lowest BCUT2D eigenvalue weighted by molar-refractivity contribution is -0.141. The van der Waals surface area contributed by atoms with E-state index in [1.54, 1.807) is 13.0 Å². The number of carbonyl (C=O) groups excluding carboxylic acids is 2. The lowest BCUT2D eigenvalue weighted by Crippen LogP contribution is -2.11. The van der Waals surface area contributed by atoms with Gasteiger partial charge in [-0.3, -0.25) is 9.59 Å². The number of nitrogen functional groups attached to an aromatic ring is 1. The number of ketones is 1. The maximum absolute atomic E-state index is 11.8. The summed E-state index contributed by atoms with van der Waals surface area (Å²) in [5, 5.41) is 3.46. The molecule has 6 nitrogen and oxygen atoms in total. The molecule has 0 saturated carbocycles. The Kier molecular flexibility index (Phi) is 5.31. The van der Waals surface area contributed by atoms with Crippen LogP contribution < -0.4 is 11.1 Å². The van der Waals surface area contributed by atoms with Gasteiger partial charge in [0.15, 0.2) is 10.9 Å². The second kappa shape index (κ2) is 6.75. The van der Waals surface area contributed by atoms with Crippen molar-refractivity contribution in [2.24, 2.45) is 0 Å². The summed E-state index contributed by atoms with van der Waals surface area (Å²) in [6, 6.07) is 0. The monoisotopic (exact) mass is 269 g/mol. The molecule has 0 unspecified atom stereocenters. The number of carbonyl (C=O) groups is 2. The van der Waals surface area contributed by atoms with Crippen molar-refractivity contribution in [1.29, 1.82) is 0 Å². The summed E-state index contributed by atoms with van der Waals surface area (Å²) in [5.41, 5.74) is 5.62. The molecular weight excluding hydrogens is 254 g/mol. The molecule has 0 fully saturated rings. The number of Topliss-reactive ketones (excluding diaryl/α,β-unsaturated/α-hetero) is 1. The number of nitrogens with zero attached hydrogens (tertiary/aromatic N) is 1. The Labute approximate surface area is 109 Å². The van der Waals surface area contributed by atoms with Crippen LogP contribution in [0.15, 0.2) is 12.7 Å². The minimum atomic E-state index is -0.559. The topological polar surface area (TPSA) is 94.3 Å². The first kappa shape index (κ1) is 14.2. The van der Waals surface area contributed by atoms with Crippen molar-refractivity contribution in [2.75, 3.05) is 24.2 Å². The van der Waals surface area contributed by atoms with E-state index < -0.39 is 5.97 Å². The van der Waals surface area contributed by atoms with Gasteiger partial charge in [-0.25, -0.2) is 4.98 Å². The molecule has 18 heavy (non-hydrogen) atoms. The summed E-state index contributed by atoms with van der Waals surface area (Å²) in [4.78, 5) is 27.2. The first-order chi connectivity index (χ1) is 8.58. The van der Waals surface area contributed by atoms with Crippen LogP contribution in [0.3, 0.4) is 0 Å². The molecule has 1 heterocycles. The third-order valence-corrected chi connectivity index (χ3v) is 2.98. The van der Waals surface area contributed by atoms with E-state index in [1.807, 2.05) is 0 Å². The highest BCUT2D eigenvalue weighted by atomic mass is 32.1. The van der Waals surface area contributed by atoms with Gasteiger partial charge in [-0.2, -0.15) is 0 Å². The van der Waals surface area contributed by atoms with E-state index in [0.29, 0.717) is 11.7 Å². The van der Waals surface area contributed by atoms with Crippen LogP contribution in [0.25, 0.3) is 0 Å². The molecule has 0 aromatic carbocycles. The lowest BCUT2D eigenvalue weighted by Gasteiger charge is -1.99. The fourth-order valence-electron chi connectivity index (χ4n) is 1.19. The molecule has 1 rings (SSSR count). The summed E-state index contributed by atoms with van der Waals surface area (Å²) in [6.07, 6.45) is 1.35. The molecule has 0 aliphatic heterocycles. The zero-order valence-corrected chi connectivity index (χ0v) is 10.9. The van der Waals surface area contributed by atoms with Gasteiger partial charge in [0, 0.05) is 6.54 Å². The molecule has 0 spiro atoms. The maximum Gasteiger partial charge on any atom is 0.313 e. The summed E-state index contributed by atoms with van der Waals surface area (Å²) in [6.45, 7) is 6.01. The van der Waals surface area contributed by atoms with Crippen LogP contribution in [0.5, 0.6) is 0 Å². The molecule has 98 valence electrons. The molecular formula is C11H15N3O3S. The molecule has 0 aliphatic rings. The highest BCUT2D eigenvalue weighted by Gasteiger charge is 2.19. The largest absolute Gasteiger partial charge is 0.466 e. The number of esters is 1. The van der Waals surface area contributed by atoms with E-state index in [9.17, 15) is 9.59 Å². The van der Waals surface area contributed by atoms with Crippen molar-refractivity contribution >= 4 is 34.0 Å². The second-order valence-corrected chi connectivity index (χ2v) is 4.31. The van der Waals surface area contributed by atoms with Crippen molar-refractivity contribution in [3.05, 3.63) is 17.5 Å². The van der Waals surface area contributed by atoms with Gasteiger partial charge >= 0.3 is 5.97 Å². The van der Waals surface area contributed by atoms with Crippen LogP contribution in [0.4, 0.5) is 10.9 Å². The van der Waals surface area contributed by atoms with Crippen molar-refractivity contribution < 1.29 is 14.3 Å². The molecule has 1 aromatic heterocycles. The first-order valence-electron chi connectivity index (χ1n) is 5.38. The van der Waals surface area contributed by atoms with Crippen molar-refractivity contribution in [2.45, 2.75) is 13.3 Å². The van der Waals surface area contributed by atoms with Crippen LogP contribution in [0.2, 0.25) is 0 Å². The number of nitrogens with two attached hydrogens (primary N) is 1. The van der Waals surface area contributed by atoms with Gasteiger partial charge in [0.1, 0.15) is 17.1 Å². The van der Waals surface area contributed by atoms with Gasteiger partial charge in [-0.05, 0) is 6.92 Å². The minimum Gasteiger partial charge on any atom is -0.466 e. The Morgan fingerprint density at radius 3 is 2.94 bits per heavy atom. The van der Waals surface area contributed by atoms with Crippen LogP contribution in [-0.2, 0) is 9.53 Å². The van der Waals surface area contributed by atoms with E-state index in [0.717, 1.165) is 11.3 Å². The zero-order chi connectivity index (χ0) is 13.5. The zero-order valence-electron chi connectivity index (χ0n) is 10.1. The van der Waals surface area contributed by atoms with Crippen LogP contribution >= 0.6 is 11.3 Å². The average molecular weight is 269 g/mol. The van der Waals surface area contributed by atoms with Crippen LogP contribution in [-0.4, -0.2) is 29.9 Å². The number of nitrogens with one attached hydrogen (secondary N) is 1. The average Bonchev–Trinajstić information content (AvgIpc) is 2.68. The van der Waals surface area contributed by atoms with Crippen molar-refractivity contribution in [1.82, 2.24) is 4.98 Å². The predicted octanol–water partition coefficient (Wildman–Crippen LogP) is 1.46. The number of hydrogen-bond donors (Lipinski definition) is 2. The van der Waals surface area contributed by atoms with Crippen molar-refractivity contribution in [3.8, 4) is 0 Å². The van der Waals surface area contributed by atoms with Gasteiger partial charge in [0.05, 0.1) is 6.61 Å². The van der Waals surface area contributed by atoms with Gasteiger partial charge in [-0.1, -0.05) is 17.4 Å². The summed E-state index contributed by atoms with van der Waals surface area (Å²) in [7, 11) is 0. The van der Waals surface area contributed by atoms with Gasteiger partial charge in [0.25, 0.3) is 0 Å². The fraction of sp³-hybridized carbons (Fsp3) is 0.364. The smallest absolute Gasteiger partial charge is 0.313 e. The Balaban J connectivity index is 2.70. The summed E-state index contributed by atoms with van der Waals surface area (Å²) < 4.78 is 4.70. The third kappa shape index (κ3) is 3.85. The quantitative estimate of drug-likeness (QED) is 0.337. The summed E-state index contributed by atoms with van der Waals surface area (Å²) >= 11 is 1.12. The molecule has 1 aromatic rings. The van der Waals surface area contributed by atoms with Crippen LogP contribution in [0.1, 0.15) is 23.0 Å². The Hall–Kier alpha value is -1.89. The standard InChI is InChI=1S/C11H15N3O3S/c1-3-5-13-11-14-10(12)9(18-11)7(15)6-8(16)17-4-2/h3H,1,4-6,12H2,2H3,(H,13,14). The molecule has 0 saturated heterocycles.